The molecule has 4 aromatic heterocycles. The Labute approximate surface area is 160 Å². The zero-order valence-corrected chi connectivity index (χ0v) is 15.6. The average molecular weight is 374 g/mol. The van der Waals surface area contributed by atoms with E-state index in [2.05, 4.69) is 11.1 Å². The first-order valence-corrected chi connectivity index (χ1v) is 10.1. The third-order valence-corrected chi connectivity index (χ3v) is 6.61. The quantitative estimate of drug-likeness (QED) is 0.500. The normalized spacial score (nSPS) is 14.2. The predicted molar refractivity (Wildman–Crippen MR) is 106 cm³/mol. The highest BCUT2D eigenvalue weighted by Gasteiger charge is 2.20. The maximum atomic E-state index is 13.2. The number of thiophene rings is 1. The number of fused-ring (bicyclic) bond motifs is 4. The molecule has 0 spiro atoms. The van der Waals surface area contributed by atoms with Crippen LogP contribution in [0.1, 0.15) is 40.8 Å². The summed E-state index contributed by atoms with van der Waals surface area (Å²) < 4.78 is 3.58. The highest BCUT2D eigenvalue weighted by Crippen LogP contribution is 2.32. The van der Waals surface area contributed by atoms with Crippen molar-refractivity contribution in [3.8, 4) is 6.07 Å². The predicted octanol–water partition coefficient (Wildman–Crippen LogP) is 3.90. The van der Waals surface area contributed by atoms with E-state index in [1.807, 2.05) is 35.0 Å². The molecule has 0 bridgehead atoms. The van der Waals surface area contributed by atoms with Crippen LogP contribution in [0.5, 0.6) is 0 Å². The molecule has 0 atom stereocenters. The van der Waals surface area contributed by atoms with Gasteiger partial charge in [-0.05, 0) is 43.4 Å². The van der Waals surface area contributed by atoms with Gasteiger partial charge in [0, 0.05) is 22.8 Å². The summed E-state index contributed by atoms with van der Waals surface area (Å²) in [5, 5.41) is 10.4. The third kappa shape index (κ3) is 2.58. The second-order valence-electron chi connectivity index (χ2n) is 7.06. The van der Waals surface area contributed by atoms with Crippen LogP contribution in [0.3, 0.4) is 0 Å². The fraction of sp³-hybridized carbons (Fsp3) is 0.286. The van der Waals surface area contributed by atoms with E-state index in [9.17, 15) is 10.1 Å². The Hall–Kier alpha value is -2.91. The van der Waals surface area contributed by atoms with Crippen molar-refractivity contribution in [3.63, 3.8) is 0 Å². The number of hydrogen-bond acceptors (Lipinski definition) is 4. The van der Waals surface area contributed by atoms with Crippen LogP contribution in [0.2, 0.25) is 0 Å². The van der Waals surface area contributed by atoms with Crippen molar-refractivity contribution in [1.82, 2.24) is 14.0 Å². The zero-order chi connectivity index (χ0) is 18.4. The zero-order valence-electron chi connectivity index (χ0n) is 14.8. The van der Waals surface area contributed by atoms with Crippen molar-refractivity contribution in [3.05, 3.63) is 68.8 Å². The molecule has 0 amide bonds. The first-order valence-electron chi connectivity index (χ1n) is 9.24. The van der Waals surface area contributed by atoms with Gasteiger partial charge >= 0.3 is 0 Å². The number of pyridine rings is 1. The van der Waals surface area contributed by atoms with Gasteiger partial charge in [-0.15, -0.1) is 11.3 Å². The second kappa shape index (κ2) is 6.36. The Bertz CT molecular complexity index is 1270. The van der Waals surface area contributed by atoms with Crippen molar-refractivity contribution in [2.45, 2.75) is 38.6 Å². The molecular weight excluding hydrogens is 356 g/mol. The van der Waals surface area contributed by atoms with Crippen LogP contribution in [0.15, 0.2) is 41.7 Å². The Morgan fingerprint density at radius 1 is 1.22 bits per heavy atom. The van der Waals surface area contributed by atoms with E-state index in [1.54, 1.807) is 22.2 Å². The molecule has 0 fully saturated rings. The molecule has 4 aromatic rings. The molecule has 0 aromatic carbocycles. The van der Waals surface area contributed by atoms with Gasteiger partial charge < -0.3 is 4.40 Å². The number of nitriles is 1. The van der Waals surface area contributed by atoms with Crippen LogP contribution in [-0.4, -0.2) is 14.0 Å². The summed E-state index contributed by atoms with van der Waals surface area (Å²) in [6, 6.07) is 8.06. The van der Waals surface area contributed by atoms with Gasteiger partial charge in [0.2, 0.25) is 0 Å². The van der Waals surface area contributed by atoms with Crippen LogP contribution in [0.25, 0.3) is 15.7 Å². The summed E-state index contributed by atoms with van der Waals surface area (Å²) in [4.78, 5) is 20.0. The van der Waals surface area contributed by atoms with Crippen LogP contribution in [0.4, 0.5) is 0 Å². The van der Waals surface area contributed by atoms with E-state index < -0.39 is 0 Å². The smallest absolute Gasteiger partial charge is 0.262 e. The SMILES string of the molecule is N#Cc1c(Cn2cnc3sc4c(c3c2=O)CCCCC4)cn2ccccc12. The fourth-order valence-corrected chi connectivity index (χ4v) is 5.30. The minimum absolute atomic E-state index is 0.0125. The molecule has 0 saturated carbocycles. The van der Waals surface area contributed by atoms with Gasteiger partial charge in [-0.1, -0.05) is 12.5 Å². The van der Waals surface area contributed by atoms with Crippen LogP contribution in [-0.2, 0) is 19.4 Å². The molecule has 0 saturated heterocycles. The standard InChI is InChI=1S/C21H18N4OS/c22-10-16-14(11-24-9-5-4-7-17(16)24)12-25-13-23-20-19(21(25)26)15-6-2-1-3-8-18(15)27-20/h4-5,7,9,11,13H,1-3,6,8,12H2. The molecule has 0 aliphatic heterocycles. The van der Waals surface area contributed by atoms with Crippen molar-refractivity contribution >= 4 is 27.1 Å². The van der Waals surface area contributed by atoms with E-state index in [4.69, 9.17) is 0 Å². The minimum atomic E-state index is 0.0125. The van der Waals surface area contributed by atoms with E-state index in [1.165, 1.54) is 23.3 Å². The van der Waals surface area contributed by atoms with Gasteiger partial charge in [0.1, 0.15) is 10.9 Å². The van der Waals surface area contributed by atoms with Crippen molar-refractivity contribution in [2.75, 3.05) is 0 Å². The van der Waals surface area contributed by atoms with Gasteiger partial charge in [0.25, 0.3) is 5.56 Å². The Morgan fingerprint density at radius 3 is 3.00 bits per heavy atom. The lowest BCUT2D eigenvalue weighted by Crippen LogP contribution is -2.21. The van der Waals surface area contributed by atoms with Crippen molar-refractivity contribution in [2.24, 2.45) is 0 Å². The van der Waals surface area contributed by atoms with Crippen molar-refractivity contribution < 1.29 is 0 Å². The molecule has 0 N–H and O–H groups in total. The first-order chi connectivity index (χ1) is 13.3. The summed E-state index contributed by atoms with van der Waals surface area (Å²) in [6.45, 7) is 0.358. The highest BCUT2D eigenvalue weighted by molar-refractivity contribution is 7.18. The summed E-state index contributed by atoms with van der Waals surface area (Å²) in [5.74, 6) is 0. The topological polar surface area (TPSA) is 63.1 Å². The summed E-state index contributed by atoms with van der Waals surface area (Å²) in [5.41, 5.74) is 3.54. The van der Waals surface area contributed by atoms with Gasteiger partial charge in [-0.2, -0.15) is 5.26 Å². The van der Waals surface area contributed by atoms with Crippen molar-refractivity contribution in [1.29, 1.82) is 5.26 Å². The van der Waals surface area contributed by atoms with E-state index in [0.29, 0.717) is 12.1 Å². The maximum absolute atomic E-state index is 13.2. The lowest BCUT2D eigenvalue weighted by Gasteiger charge is -2.05. The molecular formula is C21H18N4OS. The molecule has 6 heteroatoms. The summed E-state index contributed by atoms with van der Waals surface area (Å²) >= 11 is 1.67. The van der Waals surface area contributed by atoms with Gasteiger partial charge in [-0.25, -0.2) is 4.98 Å². The summed E-state index contributed by atoms with van der Waals surface area (Å²) in [6.07, 6.45) is 11.0. The lowest BCUT2D eigenvalue weighted by atomic mass is 10.1. The van der Waals surface area contributed by atoms with Gasteiger partial charge in [0.15, 0.2) is 0 Å². The molecule has 27 heavy (non-hydrogen) atoms. The van der Waals surface area contributed by atoms with Crippen LogP contribution in [0, 0.1) is 11.3 Å². The highest BCUT2D eigenvalue weighted by atomic mass is 32.1. The molecule has 5 nitrogen and oxygen atoms in total. The Kier molecular flexibility index (Phi) is 3.83. The first kappa shape index (κ1) is 16.3. The molecule has 0 unspecified atom stereocenters. The van der Waals surface area contributed by atoms with Crippen LogP contribution >= 0.6 is 11.3 Å². The number of aryl methyl sites for hydroxylation is 2. The lowest BCUT2D eigenvalue weighted by molar-refractivity contribution is 0.712. The van der Waals surface area contributed by atoms with Crippen LogP contribution < -0.4 is 5.56 Å². The largest absolute Gasteiger partial charge is 0.322 e. The molecule has 1 aliphatic carbocycles. The summed E-state index contributed by atoms with van der Waals surface area (Å²) in [7, 11) is 0. The van der Waals surface area contributed by atoms with E-state index in [-0.39, 0.29) is 5.56 Å². The molecule has 134 valence electrons. The molecule has 4 heterocycles. The Balaban J connectivity index is 1.64. The van der Waals surface area contributed by atoms with E-state index >= 15 is 0 Å². The average Bonchev–Trinajstić information content (AvgIpc) is 3.13. The Morgan fingerprint density at radius 2 is 2.11 bits per heavy atom. The fourth-order valence-electron chi connectivity index (χ4n) is 4.08. The molecule has 0 radical (unpaired) electrons. The number of aromatic nitrogens is 3. The number of nitrogens with zero attached hydrogens (tertiary/aromatic N) is 4. The van der Waals surface area contributed by atoms with Gasteiger partial charge in [0.05, 0.1) is 29.3 Å². The monoisotopic (exact) mass is 374 g/mol. The molecule has 5 rings (SSSR count). The number of hydrogen-bond donors (Lipinski definition) is 0. The third-order valence-electron chi connectivity index (χ3n) is 5.41. The maximum Gasteiger partial charge on any atom is 0.262 e. The van der Waals surface area contributed by atoms with E-state index in [0.717, 1.165) is 40.6 Å². The number of rotatable bonds is 2. The second-order valence-corrected chi connectivity index (χ2v) is 8.14. The molecule has 1 aliphatic rings. The minimum Gasteiger partial charge on any atom is -0.322 e. The van der Waals surface area contributed by atoms with Gasteiger partial charge in [-0.3, -0.25) is 9.36 Å².